The molecule has 0 aliphatic carbocycles. The van der Waals surface area contributed by atoms with Crippen LogP contribution in [0.1, 0.15) is 47.0 Å². The molecular formula is C13H28ClNO. The van der Waals surface area contributed by atoms with Crippen LogP contribution < -0.4 is 5.32 Å². The summed E-state index contributed by atoms with van der Waals surface area (Å²) in [4.78, 5) is 0. The van der Waals surface area contributed by atoms with Crippen LogP contribution in [0.5, 0.6) is 0 Å². The second-order valence-corrected chi connectivity index (χ2v) is 5.57. The fourth-order valence-electron chi connectivity index (χ4n) is 1.70. The van der Waals surface area contributed by atoms with Crippen molar-refractivity contribution < 1.29 is 4.74 Å². The Morgan fingerprint density at radius 1 is 1.25 bits per heavy atom. The van der Waals surface area contributed by atoms with E-state index in [4.69, 9.17) is 16.3 Å². The molecule has 0 aromatic carbocycles. The second-order valence-electron chi connectivity index (χ2n) is 5.01. The Kier molecular flexibility index (Phi) is 8.43. The zero-order valence-electron chi connectivity index (χ0n) is 11.5. The predicted molar refractivity (Wildman–Crippen MR) is 72.3 cm³/mol. The van der Waals surface area contributed by atoms with Crippen LogP contribution in [0.15, 0.2) is 0 Å². The molecule has 2 nitrogen and oxygen atoms in total. The zero-order valence-corrected chi connectivity index (χ0v) is 12.2. The third-order valence-corrected chi connectivity index (χ3v) is 3.87. The largest absolute Gasteiger partial charge is 0.379 e. The topological polar surface area (TPSA) is 21.3 Å². The van der Waals surface area contributed by atoms with E-state index in [9.17, 15) is 0 Å². The molecule has 0 bridgehead atoms. The van der Waals surface area contributed by atoms with Crippen LogP contribution in [0.3, 0.4) is 0 Å². The van der Waals surface area contributed by atoms with Crippen LogP contribution in [-0.2, 0) is 4.74 Å². The van der Waals surface area contributed by atoms with E-state index in [2.05, 4.69) is 33.0 Å². The van der Waals surface area contributed by atoms with Crippen molar-refractivity contribution in [2.75, 3.05) is 20.2 Å². The van der Waals surface area contributed by atoms with Crippen LogP contribution >= 0.6 is 11.6 Å². The summed E-state index contributed by atoms with van der Waals surface area (Å²) in [7, 11) is 1.76. The Morgan fingerprint density at radius 2 is 1.81 bits per heavy atom. The van der Waals surface area contributed by atoms with Gasteiger partial charge in [0.2, 0.25) is 0 Å². The number of alkyl halides is 1. The molecule has 0 rings (SSSR count). The van der Waals surface area contributed by atoms with Gasteiger partial charge in [-0.3, -0.25) is 0 Å². The van der Waals surface area contributed by atoms with E-state index in [1.165, 1.54) is 0 Å². The minimum atomic E-state index is -0.0380. The molecule has 0 aliphatic heterocycles. The summed E-state index contributed by atoms with van der Waals surface area (Å²) in [6.07, 6.45) is 3.34. The van der Waals surface area contributed by atoms with Gasteiger partial charge in [-0.15, -0.1) is 11.6 Å². The zero-order chi connectivity index (χ0) is 12.6. The fourth-order valence-corrected chi connectivity index (χ4v) is 2.16. The summed E-state index contributed by atoms with van der Waals surface area (Å²) < 4.78 is 5.36. The summed E-state index contributed by atoms with van der Waals surface area (Å²) in [6, 6.07) is 0. The number of methoxy groups -OCH3 is 1. The minimum absolute atomic E-state index is 0.0380. The maximum atomic E-state index is 6.34. The lowest BCUT2D eigenvalue weighted by molar-refractivity contribution is 0.0159. The number of nitrogens with one attached hydrogen (secondary N) is 1. The first-order valence-electron chi connectivity index (χ1n) is 6.36. The van der Waals surface area contributed by atoms with Gasteiger partial charge < -0.3 is 10.1 Å². The lowest BCUT2D eigenvalue weighted by Gasteiger charge is -2.24. The number of hydrogen-bond donors (Lipinski definition) is 1. The molecule has 0 radical (unpaired) electrons. The molecule has 98 valence electrons. The molecule has 16 heavy (non-hydrogen) atoms. The molecule has 0 aromatic heterocycles. The van der Waals surface area contributed by atoms with E-state index in [0.29, 0.717) is 5.92 Å². The van der Waals surface area contributed by atoms with Gasteiger partial charge in [0.25, 0.3) is 0 Å². The third-order valence-electron chi connectivity index (χ3n) is 3.36. The van der Waals surface area contributed by atoms with Gasteiger partial charge in [-0.2, -0.15) is 0 Å². The number of ether oxygens (including phenoxy) is 1. The van der Waals surface area contributed by atoms with E-state index in [1.807, 2.05) is 0 Å². The van der Waals surface area contributed by atoms with Gasteiger partial charge in [-0.1, -0.05) is 26.7 Å². The molecule has 3 heteroatoms. The lowest BCUT2D eigenvalue weighted by atomic mass is 9.99. The summed E-state index contributed by atoms with van der Waals surface area (Å²) >= 11 is 6.34. The van der Waals surface area contributed by atoms with Crippen molar-refractivity contribution >= 4 is 11.6 Å². The maximum Gasteiger partial charge on any atom is 0.0634 e. The van der Waals surface area contributed by atoms with E-state index >= 15 is 0 Å². The molecule has 0 heterocycles. The summed E-state index contributed by atoms with van der Waals surface area (Å²) in [5.74, 6) is 0.629. The van der Waals surface area contributed by atoms with Gasteiger partial charge in [0.15, 0.2) is 0 Å². The highest BCUT2D eigenvalue weighted by Gasteiger charge is 2.17. The van der Waals surface area contributed by atoms with Crippen molar-refractivity contribution in [3.05, 3.63) is 0 Å². The first kappa shape index (κ1) is 16.2. The van der Waals surface area contributed by atoms with Crippen molar-refractivity contribution in [2.45, 2.75) is 57.9 Å². The van der Waals surface area contributed by atoms with Crippen LogP contribution in [0.4, 0.5) is 0 Å². The molecule has 0 amide bonds. The van der Waals surface area contributed by atoms with Crippen molar-refractivity contribution in [3.8, 4) is 0 Å². The van der Waals surface area contributed by atoms with Gasteiger partial charge in [0.1, 0.15) is 0 Å². The molecule has 1 unspecified atom stereocenters. The van der Waals surface area contributed by atoms with Crippen molar-refractivity contribution in [2.24, 2.45) is 5.92 Å². The third kappa shape index (κ3) is 6.72. The highest BCUT2D eigenvalue weighted by atomic mass is 35.5. The van der Waals surface area contributed by atoms with Crippen LogP contribution in [0.2, 0.25) is 0 Å². The predicted octanol–water partition coefficient (Wildman–Crippen LogP) is 3.43. The SMILES string of the molecule is CCC(CC)C(Cl)CNCCC(C)(C)OC. The molecule has 0 fully saturated rings. The minimum Gasteiger partial charge on any atom is -0.379 e. The summed E-state index contributed by atoms with van der Waals surface area (Å²) in [5, 5.41) is 3.66. The Labute approximate surface area is 106 Å². The molecule has 0 saturated carbocycles. The van der Waals surface area contributed by atoms with Crippen LogP contribution in [-0.4, -0.2) is 31.2 Å². The van der Waals surface area contributed by atoms with Crippen molar-refractivity contribution in [1.29, 1.82) is 0 Å². The van der Waals surface area contributed by atoms with E-state index in [1.54, 1.807) is 7.11 Å². The summed E-state index contributed by atoms with van der Waals surface area (Å²) in [5.41, 5.74) is -0.0380. The highest BCUT2D eigenvalue weighted by Crippen LogP contribution is 2.18. The van der Waals surface area contributed by atoms with E-state index in [0.717, 1.165) is 32.4 Å². The van der Waals surface area contributed by atoms with Crippen LogP contribution in [0, 0.1) is 5.92 Å². The van der Waals surface area contributed by atoms with Gasteiger partial charge >= 0.3 is 0 Å². The van der Waals surface area contributed by atoms with Gasteiger partial charge in [0, 0.05) is 19.0 Å². The second kappa shape index (κ2) is 8.32. The lowest BCUT2D eigenvalue weighted by Crippen LogP contribution is -2.33. The Hall–Kier alpha value is 0.210. The van der Waals surface area contributed by atoms with E-state index < -0.39 is 0 Å². The Bertz CT molecular complexity index is 169. The molecule has 0 aromatic rings. The first-order chi connectivity index (χ1) is 7.46. The molecule has 0 spiro atoms. The smallest absolute Gasteiger partial charge is 0.0634 e. The monoisotopic (exact) mass is 249 g/mol. The standard InChI is InChI=1S/C13H28ClNO/c1-6-11(7-2)12(14)10-15-9-8-13(3,4)16-5/h11-12,15H,6-10H2,1-5H3. The fraction of sp³-hybridized carbons (Fsp3) is 1.00. The van der Waals surface area contributed by atoms with Crippen molar-refractivity contribution in [1.82, 2.24) is 5.32 Å². The Balaban J connectivity index is 3.66. The molecule has 1 N–H and O–H groups in total. The van der Waals surface area contributed by atoms with Gasteiger partial charge in [-0.25, -0.2) is 0 Å². The highest BCUT2D eigenvalue weighted by molar-refractivity contribution is 6.21. The Morgan fingerprint density at radius 3 is 2.25 bits per heavy atom. The van der Waals surface area contributed by atoms with Gasteiger partial charge in [-0.05, 0) is 32.7 Å². The molecule has 0 aliphatic rings. The molecule has 1 atom stereocenters. The molecular weight excluding hydrogens is 222 g/mol. The van der Waals surface area contributed by atoms with Crippen molar-refractivity contribution in [3.63, 3.8) is 0 Å². The first-order valence-corrected chi connectivity index (χ1v) is 6.80. The average Bonchev–Trinajstić information content (AvgIpc) is 2.26. The number of halogens is 1. The quantitative estimate of drug-likeness (QED) is 0.499. The van der Waals surface area contributed by atoms with Gasteiger partial charge in [0.05, 0.1) is 5.60 Å². The summed E-state index contributed by atoms with van der Waals surface area (Å²) in [6.45, 7) is 10.5. The maximum absolute atomic E-state index is 6.34. The number of hydrogen-bond acceptors (Lipinski definition) is 2. The number of rotatable bonds is 9. The normalized spacial score (nSPS) is 14.4. The average molecular weight is 250 g/mol. The van der Waals surface area contributed by atoms with E-state index in [-0.39, 0.29) is 11.0 Å². The van der Waals surface area contributed by atoms with Crippen LogP contribution in [0.25, 0.3) is 0 Å². The molecule has 0 saturated heterocycles.